The van der Waals surface area contributed by atoms with Crippen molar-refractivity contribution in [3.05, 3.63) is 63.7 Å². The Labute approximate surface area is 316 Å². The van der Waals surface area contributed by atoms with Crippen molar-refractivity contribution in [2.24, 2.45) is 0 Å². The minimum atomic E-state index is -2.68. The zero-order chi connectivity index (χ0) is 39.8. The number of phenols is 1. The fourth-order valence-electron chi connectivity index (χ4n) is 5.83. The molecule has 1 fully saturated rings. The highest BCUT2D eigenvalue weighted by Crippen LogP contribution is 2.51. The van der Waals surface area contributed by atoms with Crippen LogP contribution in [0.2, 0.25) is 54.4 Å². The van der Waals surface area contributed by atoms with Crippen LogP contribution in [0.25, 0.3) is 0 Å². The third kappa shape index (κ3) is 9.50. The summed E-state index contributed by atoms with van der Waals surface area (Å²) >= 11 is 0. The van der Waals surface area contributed by atoms with Gasteiger partial charge in [-0.3, -0.25) is 10.1 Å². The van der Waals surface area contributed by atoms with E-state index >= 15 is 0 Å². The molecule has 0 aliphatic heterocycles. The van der Waals surface area contributed by atoms with Gasteiger partial charge in [0.25, 0.3) is 0 Å². The number of hydrogen-bond donors (Lipinski definition) is 1. The quantitative estimate of drug-likeness (QED) is 0.120. The van der Waals surface area contributed by atoms with Crippen molar-refractivity contribution in [2.75, 3.05) is 14.2 Å². The van der Waals surface area contributed by atoms with Crippen molar-refractivity contribution < 1.29 is 37.5 Å². The monoisotopic (exact) mass is 777 g/mol. The molecule has 1 aliphatic carbocycles. The highest BCUT2D eigenvalue weighted by molar-refractivity contribution is 6.75. The predicted octanol–water partition coefficient (Wildman–Crippen LogP) is 9.91. The summed E-state index contributed by atoms with van der Waals surface area (Å²) in [6.07, 6.45) is -3.44. The fraction of sp³-hybridized carbons (Fsp3) is 0.692. The summed E-state index contributed by atoms with van der Waals surface area (Å²) in [6.45, 7) is 32.5. The van der Waals surface area contributed by atoms with Gasteiger partial charge in [0.15, 0.2) is 36.5 Å². The van der Waals surface area contributed by atoms with Crippen LogP contribution >= 0.6 is 0 Å². The minimum Gasteiger partial charge on any atom is -0.502 e. The van der Waals surface area contributed by atoms with E-state index in [2.05, 4.69) is 102 Å². The largest absolute Gasteiger partial charge is 0.502 e. The maximum Gasteiger partial charge on any atom is 0.249 e. The Kier molecular flexibility index (Phi) is 13.4. The number of hydrogen-bond acceptors (Lipinski definition) is 9. The Morgan fingerprint density at radius 3 is 1.46 bits per heavy atom. The van der Waals surface area contributed by atoms with Gasteiger partial charge in [-0.05, 0) is 77.7 Å². The van der Waals surface area contributed by atoms with Gasteiger partial charge in [-0.25, -0.2) is 0 Å². The Bertz CT molecular complexity index is 1490. The van der Waals surface area contributed by atoms with Crippen LogP contribution in [0, 0.1) is 10.1 Å². The summed E-state index contributed by atoms with van der Waals surface area (Å²) < 4.78 is 40.3. The lowest BCUT2D eigenvalue weighted by molar-refractivity contribution is -0.547. The first kappa shape index (κ1) is 44.1. The van der Waals surface area contributed by atoms with Crippen molar-refractivity contribution >= 4 is 25.0 Å². The first-order valence-corrected chi connectivity index (χ1v) is 27.1. The van der Waals surface area contributed by atoms with Crippen LogP contribution in [0.5, 0.6) is 17.2 Å². The number of benzene rings is 2. The van der Waals surface area contributed by atoms with Crippen LogP contribution < -0.4 is 9.47 Å². The fourth-order valence-corrected chi connectivity index (χ4v) is 9.76. The van der Waals surface area contributed by atoms with Crippen molar-refractivity contribution in [1.29, 1.82) is 0 Å². The smallest absolute Gasteiger partial charge is 0.249 e. The van der Waals surface area contributed by atoms with Gasteiger partial charge in [0.05, 0.1) is 32.8 Å². The lowest BCUT2D eigenvalue weighted by Gasteiger charge is -2.54. The van der Waals surface area contributed by atoms with E-state index in [1.165, 1.54) is 14.2 Å². The normalized spacial score (nSPS) is 23.7. The summed E-state index contributed by atoms with van der Waals surface area (Å²) in [5.41, 5.74) is 1.49. The van der Waals surface area contributed by atoms with Crippen molar-refractivity contribution in [2.45, 2.75) is 160 Å². The summed E-state index contributed by atoms with van der Waals surface area (Å²) in [4.78, 5) is 13.6. The van der Waals surface area contributed by atoms with Gasteiger partial charge < -0.3 is 32.6 Å². The molecule has 1 N–H and O–H groups in total. The van der Waals surface area contributed by atoms with Gasteiger partial charge in [0.2, 0.25) is 11.8 Å². The Balaban J connectivity index is 2.52. The molecule has 52 heavy (non-hydrogen) atoms. The average molecular weight is 778 g/mol. The van der Waals surface area contributed by atoms with Crippen LogP contribution in [0.1, 0.15) is 79.4 Å². The Morgan fingerprint density at radius 1 is 0.673 bits per heavy atom. The number of phenolic OH excluding ortho intramolecular Hbond substituents is 1. The average Bonchev–Trinajstić information content (AvgIpc) is 3.00. The van der Waals surface area contributed by atoms with E-state index in [4.69, 9.17) is 27.5 Å². The first-order chi connectivity index (χ1) is 23.6. The molecule has 0 amide bonds. The maximum absolute atomic E-state index is 13.9. The summed E-state index contributed by atoms with van der Waals surface area (Å²) in [6, 6.07) is 11.9. The molecule has 2 aromatic carbocycles. The van der Waals surface area contributed by atoms with E-state index in [1.807, 2.05) is 30.3 Å². The highest BCUT2D eigenvalue weighted by atomic mass is 28.4. The molecule has 0 saturated heterocycles. The molecular formula is C39H67NO9Si3. The zero-order valence-electron chi connectivity index (χ0n) is 34.9. The van der Waals surface area contributed by atoms with Gasteiger partial charge in [0, 0.05) is 4.92 Å². The lowest BCUT2D eigenvalue weighted by atomic mass is 9.73. The van der Waals surface area contributed by atoms with Crippen LogP contribution in [-0.4, -0.2) is 79.7 Å². The van der Waals surface area contributed by atoms with Crippen molar-refractivity contribution in [1.82, 2.24) is 0 Å². The molecule has 0 radical (unpaired) electrons. The Hall–Kier alpha value is -2.27. The lowest BCUT2D eigenvalue weighted by Crippen LogP contribution is -2.70. The van der Waals surface area contributed by atoms with Gasteiger partial charge >= 0.3 is 0 Å². The molecule has 1 saturated carbocycles. The molecule has 0 unspecified atom stereocenters. The van der Waals surface area contributed by atoms with Crippen LogP contribution in [-0.2, 0) is 24.6 Å². The third-order valence-electron chi connectivity index (χ3n) is 12.2. The van der Waals surface area contributed by atoms with Gasteiger partial charge in [-0.15, -0.1) is 0 Å². The van der Waals surface area contributed by atoms with Crippen LogP contribution in [0.15, 0.2) is 42.5 Å². The molecule has 3 rings (SSSR count). The molecule has 0 spiro atoms. The van der Waals surface area contributed by atoms with E-state index < -0.39 is 61.3 Å². The number of ether oxygens (including phenoxy) is 3. The van der Waals surface area contributed by atoms with Gasteiger partial charge in [-0.2, -0.15) is 0 Å². The second-order valence-corrected chi connectivity index (χ2v) is 33.1. The Morgan fingerprint density at radius 2 is 1.08 bits per heavy atom. The van der Waals surface area contributed by atoms with Gasteiger partial charge in [-0.1, -0.05) is 92.6 Å². The highest BCUT2D eigenvalue weighted by Gasteiger charge is 2.63. The molecule has 2 aromatic rings. The molecule has 294 valence electrons. The molecular weight excluding hydrogens is 711 g/mol. The number of rotatable bonds is 13. The maximum atomic E-state index is 13.9. The molecule has 0 aromatic heterocycles. The number of nitrogens with zero attached hydrogens (tertiary/aromatic N) is 1. The van der Waals surface area contributed by atoms with E-state index in [0.717, 1.165) is 5.56 Å². The zero-order valence-corrected chi connectivity index (χ0v) is 37.9. The standard InChI is InChI=1S/C39H67NO9Si3/c1-37(2,3)50(12,13)47-33-30(27-23-28(44-10)32(41)29(24-27)45-11)31(40(42)43)34(48-51(14,15)38(4,5)6)36(49-52(16,17)39(7,8)9)35(33)46-25-26-21-19-18-20-22-26/h18-24,30-31,33-36,41H,25H2,1-17H3/t30-,31+,33+,34-,35-,36-/m0/s1. The number of nitro groups is 1. The molecule has 0 heterocycles. The second kappa shape index (κ2) is 15.8. The first-order valence-electron chi connectivity index (χ1n) is 18.4. The molecule has 0 bridgehead atoms. The predicted molar refractivity (Wildman–Crippen MR) is 216 cm³/mol. The summed E-state index contributed by atoms with van der Waals surface area (Å²) in [5, 5.41) is 24.1. The topological polar surface area (TPSA) is 119 Å². The van der Waals surface area contributed by atoms with Crippen LogP contribution in [0.3, 0.4) is 0 Å². The van der Waals surface area contributed by atoms with E-state index in [9.17, 15) is 15.2 Å². The van der Waals surface area contributed by atoms with Gasteiger partial charge in [0.1, 0.15) is 18.3 Å². The number of aromatic hydroxyl groups is 1. The molecule has 1 aliphatic rings. The second-order valence-electron chi connectivity index (χ2n) is 18.9. The molecule has 10 nitrogen and oxygen atoms in total. The third-order valence-corrected chi connectivity index (χ3v) is 25.6. The SMILES string of the molecule is COc1cc([C@@H]2[C@@H](O[Si](C)(C)C(C)(C)C)[C@H](OCc3ccccc3)[C@@H](O[Si](C)(C)C(C)(C)C)[C@@H](O[Si](C)(C)C(C)(C)C)[C@@H]2[N+](=O)[O-])cc(OC)c1O. The summed E-state index contributed by atoms with van der Waals surface area (Å²) in [5.74, 6) is -0.798. The molecule has 13 heteroatoms. The van der Waals surface area contributed by atoms with E-state index in [0.29, 0.717) is 5.56 Å². The molecule has 6 atom stereocenters. The van der Waals surface area contributed by atoms with E-state index in [1.54, 1.807) is 12.1 Å². The minimum absolute atomic E-state index is 0.144. The summed E-state index contributed by atoms with van der Waals surface area (Å²) in [7, 11) is -5.05. The van der Waals surface area contributed by atoms with E-state index in [-0.39, 0.29) is 43.9 Å². The van der Waals surface area contributed by atoms with Crippen LogP contribution in [0.4, 0.5) is 0 Å². The number of methoxy groups -OCH3 is 2. The van der Waals surface area contributed by atoms with Crippen molar-refractivity contribution in [3.63, 3.8) is 0 Å². The van der Waals surface area contributed by atoms with Crippen molar-refractivity contribution in [3.8, 4) is 17.2 Å².